The van der Waals surface area contributed by atoms with Crippen LogP contribution in [0.2, 0.25) is 5.02 Å². The van der Waals surface area contributed by atoms with Gasteiger partial charge >= 0.3 is 0 Å². The SMILES string of the molecule is CCC1CCC(O)(c2ccc(Cl)c(OC)c2)CC1. The Labute approximate surface area is 114 Å². The average molecular weight is 269 g/mol. The van der Waals surface area contributed by atoms with Gasteiger partial charge in [-0.25, -0.2) is 0 Å². The topological polar surface area (TPSA) is 29.5 Å². The molecule has 1 aliphatic carbocycles. The van der Waals surface area contributed by atoms with Crippen LogP contribution in [0, 0.1) is 5.92 Å². The summed E-state index contributed by atoms with van der Waals surface area (Å²) >= 11 is 6.02. The van der Waals surface area contributed by atoms with Crippen LogP contribution in [-0.2, 0) is 5.60 Å². The highest BCUT2D eigenvalue weighted by Crippen LogP contribution is 2.42. The fraction of sp³-hybridized carbons (Fsp3) is 0.600. The summed E-state index contributed by atoms with van der Waals surface area (Å²) < 4.78 is 5.22. The average Bonchev–Trinajstić information content (AvgIpc) is 2.40. The lowest BCUT2D eigenvalue weighted by Gasteiger charge is -2.36. The van der Waals surface area contributed by atoms with E-state index in [4.69, 9.17) is 16.3 Å². The first kappa shape index (κ1) is 13.7. The van der Waals surface area contributed by atoms with Crippen molar-refractivity contribution in [2.45, 2.75) is 44.6 Å². The van der Waals surface area contributed by atoms with Crippen LogP contribution in [0.3, 0.4) is 0 Å². The summed E-state index contributed by atoms with van der Waals surface area (Å²) in [5.74, 6) is 1.40. The lowest BCUT2D eigenvalue weighted by atomic mass is 9.74. The van der Waals surface area contributed by atoms with E-state index in [9.17, 15) is 5.11 Å². The molecule has 1 fully saturated rings. The standard InChI is InChI=1S/C15H21ClO2/c1-3-11-6-8-15(17,9-7-11)12-4-5-13(16)14(10-12)18-2/h4-5,10-11,17H,3,6-9H2,1-2H3. The van der Waals surface area contributed by atoms with Crippen molar-refractivity contribution in [3.8, 4) is 5.75 Å². The van der Waals surface area contributed by atoms with Gasteiger partial charge in [0, 0.05) is 0 Å². The Morgan fingerprint density at radius 2 is 2.06 bits per heavy atom. The number of halogens is 1. The third kappa shape index (κ3) is 2.65. The van der Waals surface area contributed by atoms with Gasteiger partial charge in [-0.2, -0.15) is 0 Å². The third-order valence-electron chi connectivity index (χ3n) is 4.20. The summed E-state index contributed by atoms with van der Waals surface area (Å²) in [5, 5.41) is 11.4. The number of methoxy groups -OCH3 is 1. The van der Waals surface area contributed by atoms with E-state index in [1.54, 1.807) is 13.2 Å². The molecular weight excluding hydrogens is 248 g/mol. The van der Waals surface area contributed by atoms with Gasteiger partial charge in [-0.15, -0.1) is 0 Å². The molecular formula is C15H21ClO2. The van der Waals surface area contributed by atoms with E-state index in [1.165, 1.54) is 6.42 Å². The molecule has 0 aliphatic heterocycles. The summed E-state index contributed by atoms with van der Waals surface area (Å²) in [6.45, 7) is 2.22. The highest BCUT2D eigenvalue weighted by molar-refractivity contribution is 6.32. The van der Waals surface area contributed by atoms with E-state index in [2.05, 4.69) is 6.92 Å². The van der Waals surface area contributed by atoms with Gasteiger partial charge < -0.3 is 9.84 Å². The van der Waals surface area contributed by atoms with Crippen LogP contribution in [0.15, 0.2) is 18.2 Å². The van der Waals surface area contributed by atoms with Crippen LogP contribution in [0.1, 0.15) is 44.6 Å². The number of aliphatic hydroxyl groups is 1. The van der Waals surface area contributed by atoms with Gasteiger partial charge in [0.1, 0.15) is 5.75 Å². The minimum Gasteiger partial charge on any atom is -0.495 e. The van der Waals surface area contributed by atoms with Crippen molar-refractivity contribution in [3.05, 3.63) is 28.8 Å². The highest BCUT2D eigenvalue weighted by Gasteiger charge is 2.34. The molecule has 0 radical (unpaired) electrons. The summed E-state index contributed by atoms with van der Waals surface area (Å²) in [7, 11) is 1.60. The number of hydrogen-bond donors (Lipinski definition) is 1. The fourth-order valence-electron chi connectivity index (χ4n) is 2.80. The van der Waals surface area contributed by atoms with E-state index in [1.807, 2.05) is 12.1 Å². The predicted molar refractivity (Wildman–Crippen MR) is 74.1 cm³/mol. The first-order chi connectivity index (χ1) is 8.59. The fourth-order valence-corrected chi connectivity index (χ4v) is 3.00. The molecule has 0 spiro atoms. The van der Waals surface area contributed by atoms with Gasteiger partial charge in [-0.1, -0.05) is 31.0 Å². The van der Waals surface area contributed by atoms with E-state index in [0.717, 1.165) is 37.2 Å². The van der Waals surface area contributed by atoms with Crippen molar-refractivity contribution >= 4 is 11.6 Å². The maximum Gasteiger partial charge on any atom is 0.137 e. The molecule has 1 N–H and O–H groups in total. The van der Waals surface area contributed by atoms with Crippen molar-refractivity contribution in [2.24, 2.45) is 5.92 Å². The van der Waals surface area contributed by atoms with E-state index >= 15 is 0 Å². The second kappa shape index (κ2) is 5.50. The molecule has 0 amide bonds. The zero-order valence-electron chi connectivity index (χ0n) is 11.1. The molecule has 2 rings (SSSR count). The largest absolute Gasteiger partial charge is 0.495 e. The minimum absolute atomic E-state index is 0.590. The predicted octanol–water partition coefficient (Wildman–Crippen LogP) is 4.14. The number of ether oxygens (including phenoxy) is 1. The quantitative estimate of drug-likeness (QED) is 0.893. The molecule has 0 aromatic heterocycles. The van der Waals surface area contributed by atoms with Gasteiger partial charge in [-0.05, 0) is 49.3 Å². The van der Waals surface area contributed by atoms with Crippen LogP contribution in [0.5, 0.6) is 5.75 Å². The zero-order valence-corrected chi connectivity index (χ0v) is 11.8. The van der Waals surface area contributed by atoms with Crippen LogP contribution in [-0.4, -0.2) is 12.2 Å². The molecule has 1 saturated carbocycles. The first-order valence-electron chi connectivity index (χ1n) is 6.65. The monoisotopic (exact) mass is 268 g/mol. The summed E-state index contributed by atoms with van der Waals surface area (Å²) in [6, 6.07) is 5.59. The van der Waals surface area contributed by atoms with Gasteiger partial charge in [-0.3, -0.25) is 0 Å². The number of rotatable bonds is 3. The van der Waals surface area contributed by atoms with E-state index in [-0.39, 0.29) is 0 Å². The molecule has 0 bridgehead atoms. The van der Waals surface area contributed by atoms with Gasteiger partial charge in [0.15, 0.2) is 0 Å². The summed E-state index contributed by atoms with van der Waals surface area (Å²) in [5.41, 5.74) is 0.224. The van der Waals surface area contributed by atoms with Crippen molar-refractivity contribution in [3.63, 3.8) is 0 Å². The Morgan fingerprint density at radius 1 is 1.39 bits per heavy atom. The molecule has 1 aromatic carbocycles. The smallest absolute Gasteiger partial charge is 0.137 e. The Morgan fingerprint density at radius 3 is 2.61 bits per heavy atom. The molecule has 2 nitrogen and oxygen atoms in total. The highest BCUT2D eigenvalue weighted by atomic mass is 35.5. The molecule has 1 aromatic rings. The summed E-state index contributed by atoms with van der Waals surface area (Å²) in [6.07, 6.45) is 5.06. The van der Waals surface area contributed by atoms with Crippen molar-refractivity contribution in [1.29, 1.82) is 0 Å². The van der Waals surface area contributed by atoms with Crippen molar-refractivity contribution in [2.75, 3.05) is 7.11 Å². The second-order valence-electron chi connectivity index (χ2n) is 5.23. The molecule has 0 heterocycles. The van der Waals surface area contributed by atoms with Crippen LogP contribution in [0.25, 0.3) is 0 Å². The van der Waals surface area contributed by atoms with Crippen molar-refractivity contribution < 1.29 is 9.84 Å². The molecule has 18 heavy (non-hydrogen) atoms. The maximum atomic E-state index is 10.8. The minimum atomic E-state index is -0.705. The lowest BCUT2D eigenvalue weighted by molar-refractivity contribution is -0.0147. The van der Waals surface area contributed by atoms with Gasteiger partial charge in [0.2, 0.25) is 0 Å². The normalized spacial score (nSPS) is 28.1. The van der Waals surface area contributed by atoms with Crippen LogP contribution in [0.4, 0.5) is 0 Å². The molecule has 3 heteroatoms. The number of hydrogen-bond acceptors (Lipinski definition) is 2. The Balaban J connectivity index is 2.20. The van der Waals surface area contributed by atoms with Crippen LogP contribution < -0.4 is 4.74 Å². The number of benzene rings is 1. The van der Waals surface area contributed by atoms with Crippen LogP contribution >= 0.6 is 11.6 Å². The molecule has 0 atom stereocenters. The van der Waals surface area contributed by atoms with Crippen molar-refractivity contribution in [1.82, 2.24) is 0 Å². The molecule has 0 saturated heterocycles. The second-order valence-corrected chi connectivity index (χ2v) is 5.64. The summed E-state index contributed by atoms with van der Waals surface area (Å²) in [4.78, 5) is 0. The first-order valence-corrected chi connectivity index (χ1v) is 7.03. The van der Waals surface area contributed by atoms with E-state index in [0.29, 0.717) is 10.8 Å². The lowest BCUT2D eigenvalue weighted by Crippen LogP contribution is -2.31. The van der Waals surface area contributed by atoms with Gasteiger partial charge in [0.05, 0.1) is 17.7 Å². The zero-order chi connectivity index (χ0) is 13.2. The molecule has 0 unspecified atom stereocenters. The van der Waals surface area contributed by atoms with E-state index < -0.39 is 5.60 Å². The Bertz CT molecular complexity index is 409. The molecule has 100 valence electrons. The maximum absolute atomic E-state index is 10.8. The molecule has 1 aliphatic rings. The Hall–Kier alpha value is -0.730. The van der Waals surface area contributed by atoms with Gasteiger partial charge in [0.25, 0.3) is 0 Å². The Kier molecular flexibility index (Phi) is 4.18. The third-order valence-corrected chi connectivity index (χ3v) is 4.51.